The van der Waals surface area contributed by atoms with Gasteiger partial charge in [-0.15, -0.1) is 0 Å². The lowest BCUT2D eigenvalue weighted by molar-refractivity contribution is -0.131. The third-order valence-corrected chi connectivity index (χ3v) is 3.57. The van der Waals surface area contributed by atoms with E-state index in [1.54, 1.807) is 6.07 Å². The zero-order chi connectivity index (χ0) is 14.5. The molecule has 1 aliphatic rings. The summed E-state index contributed by atoms with van der Waals surface area (Å²) in [5, 5.41) is 0. The summed E-state index contributed by atoms with van der Waals surface area (Å²) in [6.45, 7) is 4.92. The number of anilines is 1. The number of amides is 1. The Morgan fingerprint density at radius 1 is 1.20 bits per heavy atom. The first kappa shape index (κ1) is 14.4. The van der Waals surface area contributed by atoms with Crippen molar-refractivity contribution in [3.63, 3.8) is 0 Å². The fraction of sp³-hybridized carbons (Fsp3) is 0.467. The molecule has 1 amide bonds. The van der Waals surface area contributed by atoms with Crippen LogP contribution in [0.4, 0.5) is 5.69 Å². The second-order valence-corrected chi connectivity index (χ2v) is 4.76. The molecule has 0 aromatic heterocycles. The number of rotatable bonds is 3. The first-order valence-electron chi connectivity index (χ1n) is 6.86. The van der Waals surface area contributed by atoms with Gasteiger partial charge in [0.15, 0.2) is 0 Å². The molecule has 1 saturated heterocycles. The molecule has 20 heavy (non-hydrogen) atoms. The first-order chi connectivity index (χ1) is 9.65. The number of carbonyl (C=O) groups excluding carboxylic acids is 2. The molecule has 0 atom stereocenters. The molecule has 0 bridgehead atoms. The summed E-state index contributed by atoms with van der Waals surface area (Å²) in [5.41, 5.74) is 1.55. The second kappa shape index (κ2) is 6.41. The summed E-state index contributed by atoms with van der Waals surface area (Å²) in [6, 6.07) is 7.41. The zero-order valence-electron chi connectivity index (χ0n) is 12.0. The number of carbonyl (C=O) groups is 2. The molecule has 1 aliphatic heterocycles. The summed E-state index contributed by atoms with van der Waals surface area (Å²) in [4.78, 5) is 27.2. The SMILES string of the molecule is CCC(=O)N1CCN(c2cccc(C(=O)OC)c2)CC1. The maximum absolute atomic E-state index is 11.6. The van der Waals surface area contributed by atoms with Crippen molar-refractivity contribution >= 4 is 17.6 Å². The maximum Gasteiger partial charge on any atom is 0.337 e. The minimum Gasteiger partial charge on any atom is -0.465 e. The van der Waals surface area contributed by atoms with Crippen molar-refractivity contribution in [2.45, 2.75) is 13.3 Å². The summed E-state index contributed by atoms with van der Waals surface area (Å²) in [5.74, 6) is -0.125. The largest absolute Gasteiger partial charge is 0.465 e. The van der Waals surface area contributed by atoms with E-state index in [4.69, 9.17) is 4.74 Å². The van der Waals surface area contributed by atoms with Gasteiger partial charge in [-0.3, -0.25) is 4.79 Å². The first-order valence-corrected chi connectivity index (χ1v) is 6.86. The van der Waals surface area contributed by atoms with Gasteiger partial charge in [0.1, 0.15) is 0 Å². The van der Waals surface area contributed by atoms with Crippen molar-refractivity contribution in [1.29, 1.82) is 0 Å². The molecular formula is C15H20N2O3. The highest BCUT2D eigenvalue weighted by molar-refractivity contribution is 5.90. The van der Waals surface area contributed by atoms with E-state index in [-0.39, 0.29) is 11.9 Å². The molecular weight excluding hydrogens is 256 g/mol. The van der Waals surface area contributed by atoms with E-state index in [1.165, 1.54) is 7.11 Å². The van der Waals surface area contributed by atoms with Gasteiger partial charge in [0.2, 0.25) is 5.91 Å². The molecule has 0 N–H and O–H groups in total. The van der Waals surface area contributed by atoms with E-state index in [1.807, 2.05) is 30.0 Å². The fourth-order valence-corrected chi connectivity index (χ4v) is 2.39. The van der Waals surface area contributed by atoms with Crippen molar-refractivity contribution in [2.24, 2.45) is 0 Å². The Hall–Kier alpha value is -2.04. The van der Waals surface area contributed by atoms with E-state index in [0.717, 1.165) is 31.9 Å². The van der Waals surface area contributed by atoms with Crippen LogP contribution >= 0.6 is 0 Å². The van der Waals surface area contributed by atoms with Crippen LogP contribution in [0.15, 0.2) is 24.3 Å². The van der Waals surface area contributed by atoms with E-state index in [2.05, 4.69) is 4.90 Å². The summed E-state index contributed by atoms with van der Waals surface area (Å²) < 4.78 is 4.73. The Balaban J connectivity index is 2.03. The molecule has 5 nitrogen and oxygen atoms in total. The predicted molar refractivity (Wildman–Crippen MR) is 76.9 cm³/mol. The average molecular weight is 276 g/mol. The summed E-state index contributed by atoms with van der Waals surface area (Å²) in [7, 11) is 1.38. The van der Waals surface area contributed by atoms with Crippen LogP contribution in [0.5, 0.6) is 0 Å². The standard InChI is InChI=1S/C15H20N2O3/c1-3-14(18)17-9-7-16(8-10-17)13-6-4-5-12(11-13)15(19)20-2/h4-6,11H,3,7-10H2,1-2H3. The number of benzene rings is 1. The van der Waals surface area contributed by atoms with Gasteiger partial charge in [-0.25, -0.2) is 4.79 Å². The number of ether oxygens (including phenoxy) is 1. The van der Waals surface area contributed by atoms with E-state index >= 15 is 0 Å². The van der Waals surface area contributed by atoms with Crippen LogP contribution in [0.25, 0.3) is 0 Å². The second-order valence-electron chi connectivity index (χ2n) is 4.76. The van der Waals surface area contributed by atoms with Gasteiger partial charge in [0.25, 0.3) is 0 Å². The van der Waals surface area contributed by atoms with Gasteiger partial charge in [-0.1, -0.05) is 13.0 Å². The van der Waals surface area contributed by atoms with Gasteiger partial charge in [-0.05, 0) is 18.2 Å². The Morgan fingerprint density at radius 2 is 1.90 bits per heavy atom. The van der Waals surface area contributed by atoms with Gasteiger partial charge in [0, 0.05) is 38.3 Å². The number of nitrogens with zero attached hydrogens (tertiary/aromatic N) is 2. The number of methoxy groups -OCH3 is 1. The van der Waals surface area contributed by atoms with Crippen LogP contribution in [-0.4, -0.2) is 50.1 Å². The van der Waals surface area contributed by atoms with Gasteiger partial charge < -0.3 is 14.5 Å². The van der Waals surface area contributed by atoms with Crippen molar-refractivity contribution in [3.05, 3.63) is 29.8 Å². The molecule has 0 radical (unpaired) electrons. The average Bonchev–Trinajstić information content (AvgIpc) is 2.53. The minimum absolute atomic E-state index is 0.202. The third-order valence-electron chi connectivity index (χ3n) is 3.57. The molecule has 1 heterocycles. The summed E-state index contributed by atoms with van der Waals surface area (Å²) in [6.07, 6.45) is 0.553. The van der Waals surface area contributed by atoms with Crippen LogP contribution in [0, 0.1) is 0 Å². The molecule has 5 heteroatoms. The lowest BCUT2D eigenvalue weighted by atomic mass is 10.1. The molecule has 1 fully saturated rings. The zero-order valence-corrected chi connectivity index (χ0v) is 12.0. The number of esters is 1. The maximum atomic E-state index is 11.6. The topological polar surface area (TPSA) is 49.9 Å². The van der Waals surface area contributed by atoms with Crippen molar-refractivity contribution in [1.82, 2.24) is 4.90 Å². The number of piperazine rings is 1. The third kappa shape index (κ3) is 3.10. The normalized spacial score (nSPS) is 15.1. The van der Waals surface area contributed by atoms with Gasteiger partial charge in [0.05, 0.1) is 12.7 Å². The van der Waals surface area contributed by atoms with Gasteiger partial charge in [-0.2, -0.15) is 0 Å². The lowest BCUT2D eigenvalue weighted by Gasteiger charge is -2.36. The van der Waals surface area contributed by atoms with Crippen molar-refractivity contribution in [2.75, 3.05) is 38.2 Å². The van der Waals surface area contributed by atoms with E-state index in [0.29, 0.717) is 12.0 Å². The van der Waals surface area contributed by atoms with E-state index in [9.17, 15) is 9.59 Å². The van der Waals surface area contributed by atoms with Crippen molar-refractivity contribution < 1.29 is 14.3 Å². The number of hydrogen-bond donors (Lipinski definition) is 0. The Morgan fingerprint density at radius 3 is 2.50 bits per heavy atom. The van der Waals surface area contributed by atoms with Crippen LogP contribution in [0.2, 0.25) is 0 Å². The lowest BCUT2D eigenvalue weighted by Crippen LogP contribution is -2.48. The minimum atomic E-state index is -0.327. The molecule has 0 saturated carbocycles. The van der Waals surface area contributed by atoms with Crippen molar-refractivity contribution in [3.8, 4) is 0 Å². The van der Waals surface area contributed by atoms with Crippen LogP contribution in [0.1, 0.15) is 23.7 Å². The molecule has 1 aromatic rings. The smallest absolute Gasteiger partial charge is 0.337 e. The predicted octanol–water partition coefficient (Wildman–Crippen LogP) is 1.53. The van der Waals surface area contributed by atoms with Crippen LogP contribution in [-0.2, 0) is 9.53 Å². The molecule has 0 unspecified atom stereocenters. The van der Waals surface area contributed by atoms with Crippen LogP contribution in [0.3, 0.4) is 0 Å². The molecule has 0 spiro atoms. The Labute approximate surface area is 119 Å². The molecule has 2 rings (SSSR count). The van der Waals surface area contributed by atoms with Gasteiger partial charge >= 0.3 is 5.97 Å². The molecule has 0 aliphatic carbocycles. The Bertz CT molecular complexity index is 494. The number of hydrogen-bond acceptors (Lipinski definition) is 4. The highest BCUT2D eigenvalue weighted by atomic mass is 16.5. The monoisotopic (exact) mass is 276 g/mol. The summed E-state index contributed by atoms with van der Waals surface area (Å²) >= 11 is 0. The molecule has 108 valence electrons. The van der Waals surface area contributed by atoms with Crippen LogP contribution < -0.4 is 4.90 Å². The quantitative estimate of drug-likeness (QED) is 0.786. The fourth-order valence-electron chi connectivity index (χ4n) is 2.39. The highest BCUT2D eigenvalue weighted by Gasteiger charge is 2.20. The Kier molecular flexibility index (Phi) is 4.61. The van der Waals surface area contributed by atoms with E-state index < -0.39 is 0 Å². The molecule has 1 aromatic carbocycles. The highest BCUT2D eigenvalue weighted by Crippen LogP contribution is 2.19.